The first kappa shape index (κ1) is 14.1. The zero-order valence-corrected chi connectivity index (χ0v) is 12.2. The Labute approximate surface area is 116 Å². The highest BCUT2D eigenvalue weighted by atomic mass is 15.3. The van der Waals surface area contributed by atoms with Crippen LogP contribution in [0.25, 0.3) is 0 Å². The van der Waals surface area contributed by atoms with Gasteiger partial charge in [0.2, 0.25) is 0 Å². The van der Waals surface area contributed by atoms with Crippen LogP contribution in [0.5, 0.6) is 0 Å². The second-order valence-electron chi connectivity index (χ2n) is 5.44. The SMILES string of the molecule is C=C(CN)CN1CCN(c2cccc(C)c2C)CC1. The van der Waals surface area contributed by atoms with Gasteiger partial charge in [0.15, 0.2) is 0 Å². The summed E-state index contributed by atoms with van der Waals surface area (Å²) in [6.07, 6.45) is 0. The maximum atomic E-state index is 5.61. The Kier molecular flexibility index (Phi) is 4.61. The Balaban J connectivity index is 1.96. The first-order valence-corrected chi connectivity index (χ1v) is 7.02. The molecule has 0 unspecified atom stereocenters. The fraction of sp³-hybridized carbons (Fsp3) is 0.500. The van der Waals surface area contributed by atoms with Crippen molar-refractivity contribution >= 4 is 5.69 Å². The number of nitrogens with zero attached hydrogens (tertiary/aromatic N) is 2. The van der Waals surface area contributed by atoms with Gasteiger partial charge in [-0.1, -0.05) is 18.7 Å². The van der Waals surface area contributed by atoms with E-state index in [2.05, 4.69) is 48.4 Å². The Morgan fingerprint density at radius 2 is 1.89 bits per heavy atom. The van der Waals surface area contributed by atoms with Crippen LogP contribution >= 0.6 is 0 Å². The van der Waals surface area contributed by atoms with E-state index in [0.29, 0.717) is 6.54 Å². The second kappa shape index (κ2) is 6.22. The normalized spacial score (nSPS) is 16.7. The molecule has 0 aromatic heterocycles. The Morgan fingerprint density at radius 3 is 2.53 bits per heavy atom. The molecule has 1 fully saturated rings. The molecule has 1 saturated heterocycles. The molecule has 3 nitrogen and oxygen atoms in total. The molecule has 0 saturated carbocycles. The fourth-order valence-corrected chi connectivity index (χ4v) is 2.61. The lowest BCUT2D eigenvalue weighted by Gasteiger charge is -2.37. The highest BCUT2D eigenvalue weighted by Gasteiger charge is 2.18. The molecular weight excluding hydrogens is 234 g/mol. The van der Waals surface area contributed by atoms with Gasteiger partial charge in [0.1, 0.15) is 0 Å². The number of aryl methyl sites for hydroxylation is 1. The van der Waals surface area contributed by atoms with Gasteiger partial charge < -0.3 is 10.6 Å². The number of benzene rings is 1. The molecule has 1 aromatic rings. The molecule has 0 spiro atoms. The smallest absolute Gasteiger partial charge is 0.0399 e. The van der Waals surface area contributed by atoms with Gasteiger partial charge in [0.25, 0.3) is 0 Å². The lowest BCUT2D eigenvalue weighted by atomic mass is 10.1. The van der Waals surface area contributed by atoms with Crippen molar-refractivity contribution in [3.63, 3.8) is 0 Å². The molecule has 0 aliphatic carbocycles. The van der Waals surface area contributed by atoms with Gasteiger partial charge >= 0.3 is 0 Å². The van der Waals surface area contributed by atoms with Crippen molar-refractivity contribution in [1.29, 1.82) is 0 Å². The van der Waals surface area contributed by atoms with Crippen LogP contribution in [0.2, 0.25) is 0 Å². The summed E-state index contributed by atoms with van der Waals surface area (Å²) in [7, 11) is 0. The summed E-state index contributed by atoms with van der Waals surface area (Å²) < 4.78 is 0. The molecule has 3 heteroatoms. The third-order valence-corrected chi connectivity index (χ3v) is 4.02. The van der Waals surface area contributed by atoms with Crippen LogP contribution in [-0.2, 0) is 0 Å². The standard InChI is InChI=1S/C16H25N3/c1-13(11-17)12-18-7-9-19(10-8-18)16-6-4-5-14(2)15(16)3/h4-6H,1,7-12,17H2,2-3H3. The largest absolute Gasteiger partial charge is 0.369 e. The lowest BCUT2D eigenvalue weighted by Crippen LogP contribution is -2.47. The lowest BCUT2D eigenvalue weighted by molar-refractivity contribution is 0.277. The molecule has 0 atom stereocenters. The van der Waals surface area contributed by atoms with Gasteiger partial charge in [-0.2, -0.15) is 0 Å². The number of rotatable bonds is 4. The molecule has 1 aliphatic rings. The number of anilines is 1. The van der Waals surface area contributed by atoms with Gasteiger partial charge in [0.05, 0.1) is 0 Å². The van der Waals surface area contributed by atoms with Crippen LogP contribution in [0.15, 0.2) is 30.4 Å². The van der Waals surface area contributed by atoms with Crippen molar-refractivity contribution in [2.24, 2.45) is 5.73 Å². The zero-order valence-electron chi connectivity index (χ0n) is 12.2. The molecule has 1 heterocycles. The fourth-order valence-electron chi connectivity index (χ4n) is 2.61. The molecule has 19 heavy (non-hydrogen) atoms. The van der Waals surface area contributed by atoms with Gasteiger partial charge in [-0.15, -0.1) is 0 Å². The summed E-state index contributed by atoms with van der Waals surface area (Å²) in [6, 6.07) is 6.57. The molecule has 2 N–H and O–H groups in total. The Bertz CT molecular complexity index is 445. The molecule has 1 aliphatic heterocycles. The van der Waals surface area contributed by atoms with E-state index in [9.17, 15) is 0 Å². The predicted molar refractivity (Wildman–Crippen MR) is 82.8 cm³/mol. The maximum Gasteiger partial charge on any atom is 0.0399 e. The number of hydrogen-bond donors (Lipinski definition) is 1. The first-order valence-electron chi connectivity index (χ1n) is 7.02. The maximum absolute atomic E-state index is 5.61. The van der Waals surface area contributed by atoms with Crippen LogP contribution in [0.3, 0.4) is 0 Å². The molecule has 0 radical (unpaired) electrons. The Hall–Kier alpha value is -1.32. The van der Waals surface area contributed by atoms with Crippen molar-refractivity contribution in [3.05, 3.63) is 41.5 Å². The topological polar surface area (TPSA) is 32.5 Å². The third kappa shape index (κ3) is 3.37. The summed E-state index contributed by atoms with van der Waals surface area (Å²) >= 11 is 0. The monoisotopic (exact) mass is 259 g/mol. The van der Waals surface area contributed by atoms with Crippen molar-refractivity contribution in [3.8, 4) is 0 Å². The van der Waals surface area contributed by atoms with E-state index >= 15 is 0 Å². The molecular formula is C16H25N3. The summed E-state index contributed by atoms with van der Waals surface area (Å²) in [6.45, 7) is 14.3. The number of hydrogen-bond acceptors (Lipinski definition) is 3. The average molecular weight is 259 g/mol. The average Bonchev–Trinajstić information content (AvgIpc) is 2.43. The summed E-state index contributed by atoms with van der Waals surface area (Å²) in [4.78, 5) is 4.93. The van der Waals surface area contributed by atoms with Crippen molar-refractivity contribution in [1.82, 2.24) is 4.90 Å². The van der Waals surface area contributed by atoms with E-state index in [4.69, 9.17) is 5.73 Å². The molecule has 0 amide bonds. The van der Waals surface area contributed by atoms with E-state index in [-0.39, 0.29) is 0 Å². The van der Waals surface area contributed by atoms with Crippen molar-refractivity contribution < 1.29 is 0 Å². The quantitative estimate of drug-likeness (QED) is 0.839. The predicted octanol–water partition coefficient (Wildman–Crippen LogP) is 1.94. The van der Waals surface area contributed by atoms with E-state index in [1.165, 1.54) is 16.8 Å². The van der Waals surface area contributed by atoms with E-state index in [1.807, 2.05) is 0 Å². The van der Waals surface area contributed by atoms with Gasteiger partial charge in [-0.25, -0.2) is 0 Å². The van der Waals surface area contributed by atoms with E-state index < -0.39 is 0 Å². The van der Waals surface area contributed by atoms with Crippen LogP contribution in [0.4, 0.5) is 5.69 Å². The summed E-state index contributed by atoms with van der Waals surface area (Å²) in [5.41, 5.74) is 10.9. The highest BCUT2D eigenvalue weighted by molar-refractivity contribution is 5.56. The van der Waals surface area contributed by atoms with Crippen LogP contribution in [-0.4, -0.2) is 44.2 Å². The van der Waals surface area contributed by atoms with Crippen molar-refractivity contribution in [2.45, 2.75) is 13.8 Å². The minimum Gasteiger partial charge on any atom is -0.369 e. The van der Waals surface area contributed by atoms with Crippen LogP contribution in [0.1, 0.15) is 11.1 Å². The Morgan fingerprint density at radius 1 is 1.21 bits per heavy atom. The van der Waals surface area contributed by atoms with Crippen molar-refractivity contribution in [2.75, 3.05) is 44.2 Å². The van der Waals surface area contributed by atoms with Gasteiger partial charge in [0, 0.05) is 45.0 Å². The van der Waals surface area contributed by atoms with Crippen LogP contribution in [0, 0.1) is 13.8 Å². The molecule has 1 aromatic carbocycles. The molecule has 2 rings (SSSR count). The number of piperazine rings is 1. The minimum atomic E-state index is 0.594. The van der Waals surface area contributed by atoms with E-state index in [0.717, 1.165) is 38.3 Å². The first-order chi connectivity index (χ1) is 9.11. The third-order valence-electron chi connectivity index (χ3n) is 4.02. The molecule has 104 valence electrons. The van der Waals surface area contributed by atoms with Gasteiger partial charge in [-0.05, 0) is 36.6 Å². The molecule has 0 bridgehead atoms. The van der Waals surface area contributed by atoms with Gasteiger partial charge in [-0.3, -0.25) is 4.90 Å². The summed E-state index contributed by atoms with van der Waals surface area (Å²) in [5, 5.41) is 0. The highest BCUT2D eigenvalue weighted by Crippen LogP contribution is 2.23. The number of nitrogens with two attached hydrogens (primary N) is 1. The minimum absolute atomic E-state index is 0.594. The second-order valence-corrected chi connectivity index (χ2v) is 5.44. The van der Waals surface area contributed by atoms with E-state index in [1.54, 1.807) is 0 Å². The zero-order chi connectivity index (χ0) is 13.8. The van der Waals surface area contributed by atoms with Crippen LogP contribution < -0.4 is 10.6 Å². The summed E-state index contributed by atoms with van der Waals surface area (Å²) in [5.74, 6) is 0.